The topological polar surface area (TPSA) is 80.7 Å². The first kappa shape index (κ1) is 16.0. The van der Waals surface area contributed by atoms with Crippen molar-refractivity contribution in [2.75, 3.05) is 25.6 Å². The second-order valence-corrected chi connectivity index (χ2v) is 4.85. The van der Waals surface area contributed by atoms with Gasteiger partial charge in [-0.15, -0.1) is 0 Å². The molecule has 22 heavy (non-hydrogen) atoms. The molecule has 0 fully saturated rings. The molecule has 0 aliphatic heterocycles. The van der Waals surface area contributed by atoms with Gasteiger partial charge in [0.25, 0.3) is 0 Å². The van der Waals surface area contributed by atoms with E-state index in [2.05, 4.69) is 10.3 Å². The first-order chi connectivity index (χ1) is 10.6. The Morgan fingerprint density at radius 2 is 2.23 bits per heavy atom. The van der Waals surface area contributed by atoms with E-state index in [-0.39, 0.29) is 19.3 Å². The number of hydrogen-bond acceptors (Lipinski definition) is 6. The van der Waals surface area contributed by atoms with Crippen molar-refractivity contribution in [3.63, 3.8) is 0 Å². The quantitative estimate of drug-likeness (QED) is 0.796. The summed E-state index contributed by atoms with van der Waals surface area (Å²) in [6.45, 7) is 3.79. The Bertz CT molecular complexity index is 672. The highest BCUT2D eigenvalue weighted by atomic mass is 16.5. The van der Waals surface area contributed by atoms with Gasteiger partial charge < -0.3 is 19.9 Å². The van der Waals surface area contributed by atoms with Gasteiger partial charge in [0.15, 0.2) is 0 Å². The molecule has 0 radical (unpaired) electrons. The minimum absolute atomic E-state index is 0.0595. The Hall–Kier alpha value is -2.34. The lowest BCUT2D eigenvalue weighted by Gasteiger charge is -2.18. The summed E-state index contributed by atoms with van der Waals surface area (Å²) >= 11 is 0. The fourth-order valence-corrected chi connectivity index (χ4v) is 2.17. The number of nitrogens with zero attached hydrogens (tertiary/aromatic N) is 1. The molecule has 0 aliphatic rings. The van der Waals surface area contributed by atoms with Gasteiger partial charge in [-0.2, -0.15) is 0 Å². The highest BCUT2D eigenvalue weighted by molar-refractivity contribution is 6.06. The molecule has 2 aromatic rings. The number of nitrogens with one attached hydrogen (secondary N) is 1. The molecule has 0 aliphatic carbocycles. The Kier molecular flexibility index (Phi) is 5.16. The standard InChI is InChI=1S/C16H20N2O4/c1-4-22-16(20)12-8-17-15-11(6-5-7-13(15)21-3)14(12)18-10(2)9-19/h5-8,10,19H,4,9H2,1-3H3,(H,17,18)/t10-/m1/s1. The molecule has 0 amide bonds. The van der Waals surface area contributed by atoms with Gasteiger partial charge in [0.2, 0.25) is 0 Å². The maximum Gasteiger partial charge on any atom is 0.341 e. The van der Waals surface area contributed by atoms with Crippen molar-refractivity contribution in [3.05, 3.63) is 30.0 Å². The first-order valence-corrected chi connectivity index (χ1v) is 7.12. The van der Waals surface area contributed by atoms with Crippen LogP contribution in [0.1, 0.15) is 24.2 Å². The van der Waals surface area contributed by atoms with Crippen molar-refractivity contribution in [1.82, 2.24) is 4.98 Å². The second-order valence-electron chi connectivity index (χ2n) is 4.85. The summed E-state index contributed by atoms with van der Waals surface area (Å²) in [5, 5.41) is 13.2. The van der Waals surface area contributed by atoms with Crippen molar-refractivity contribution in [2.24, 2.45) is 0 Å². The molecule has 2 N–H and O–H groups in total. The minimum Gasteiger partial charge on any atom is -0.494 e. The molecule has 1 aromatic carbocycles. The van der Waals surface area contributed by atoms with Crippen LogP contribution < -0.4 is 10.1 Å². The normalized spacial score (nSPS) is 12.0. The maximum absolute atomic E-state index is 12.1. The van der Waals surface area contributed by atoms with E-state index < -0.39 is 5.97 Å². The number of hydrogen-bond donors (Lipinski definition) is 2. The molecular weight excluding hydrogens is 284 g/mol. The molecule has 118 valence electrons. The number of esters is 1. The number of rotatable bonds is 6. The van der Waals surface area contributed by atoms with Crippen LogP contribution in [0.15, 0.2) is 24.4 Å². The Labute approximate surface area is 129 Å². The van der Waals surface area contributed by atoms with Gasteiger partial charge in [0, 0.05) is 17.6 Å². The van der Waals surface area contributed by atoms with Crippen molar-refractivity contribution in [2.45, 2.75) is 19.9 Å². The van der Waals surface area contributed by atoms with Crippen molar-refractivity contribution >= 4 is 22.6 Å². The van der Waals surface area contributed by atoms with Gasteiger partial charge in [0.05, 0.1) is 26.0 Å². The molecule has 1 atom stereocenters. The molecule has 2 rings (SSSR count). The first-order valence-electron chi connectivity index (χ1n) is 7.12. The fraction of sp³-hybridized carbons (Fsp3) is 0.375. The summed E-state index contributed by atoms with van der Waals surface area (Å²) in [6, 6.07) is 5.26. The minimum atomic E-state index is -0.452. The molecule has 0 bridgehead atoms. The number of aliphatic hydroxyl groups excluding tert-OH is 1. The predicted octanol–water partition coefficient (Wildman–Crippen LogP) is 2.21. The maximum atomic E-state index is 12.1. The summed E-state index contributed by atoms with van der Waals surface area (Å²) in [4.78, 5) is 16.5. The molecule has 1 heterocycles. The Morgan fingerprint density at radius 3 is 2.86 bits per heavy atom. The van der Waals surface area contributed by atoms with E-state index in [1.807, 2.05) is 19.1 Å². The third-order valence-electron chi connectivity index (χ3n) is 3.24. The van der Waals surface area contributed by atoms with E-state index in [1.165, 1.54) is 6.20 Å². The van der Waals surface area contributed by atoms with Crippen LogP contribution in [0.3, 0.4) is 0 Å². The number of fused-ring (bicyclic) bond motifs is 1. The zero-order valence-corrected chi connectivity index (χ0v) is 12.9. The number of carbonyl (C=O) groups excluding carboxylic acids is 1. The van der Waals surface area contributed by atoms with E-state index in [1.54, 1.807) is 20.1 Å². The predicted molar refractivity (Wildman–Crippen MR) is 84.4 cm³/mol. The summed E-state index contributed by atoms with van der Waals surface area (Å²) in [6.07, 6.45) is 1.47. The van der Waals surface area contributed by atoms with E-state index in [4.69, 9.17) is 9.47 Å². The van der Waals surface area contributed by atoms with E-state index in [0.29, 0.717) is 22.5 Å². The molecule has 1 aromatic heterocycles. The van der Waals surface area contributed by atoms with Crippen molar-refractivity contribution < 1.29 is 19.4 Å². The number of methoxy groups -OCH3 is 1. The Balaban J connectivity index is 2.64. The van der Waals surface area contributed by atoms with Crippen LogP contribution in [0.2, 0.25) is 0 Å². The lowest BCUT2D eigenvalue weighted by molar-refractivity contribution is 0.0527. The molecular formula is C16H20N2O4. The number of aromatic nitrogens is 1. The summed E-state index contributed by atoms with van der Waals surface area (Å²) in [7, 11) is 1.57. The third kappa shape index (κ3) is 3.12. The van der Waals surface area contributed by atoms with Crippen LogP contribution in [-0.2, 0) is 4.74 Å². The Morgan fingerprint density at radius 1 is 1.45 bits per heavy atom. The van der Waals surface area contributed by atoms with E-state index >= 15 is 0 Å². The molecule has 0 unspecified atom stereocenters. The highest BCUT2D eigenvalue weighted by Gasteiger charge is 2.19. The number of ether oxygens (including phenoxy) is 2. The largest absolute Gasteiger partial charge is 0.494 e. The van der Waals surface area contributed by atoms with Gasteiger partial charge in [-0.25, -0.2) is 4.79 Å². The molecule has 6 heteroatoms. The SMILES string of the molecule is CCOC(=O)c1cnc2c(OC)cccc2c1N[C@H](C)CO. The molecule has 0 saturated carbocycles. The molecule has 0 saturated heterocycles. The van der Waals surface area contributed by atoms with Crippen molar-refractivity contribution in [1.29, 1.82) is 0 Å². The fourth-order valence-electron chi connectivity index (χ4n) is 2.17. The number of carbonyl (C=O) groups is 1. The van der Waals surface area contributed by atoms with Gasteiger partial charge >= 0.3 is 5.97 Å². The van der Waals surface area contributed by atoms with Crippen LogP contribution in [0.5, 0.6) is 5.75 Å². The van der Waals surface area contributed by atoms with Gasteiger partial charge in [0.1, 0.15) is 16.8 Å². The number of aliphatic hydroxyl groups is 1. The third-order valence-corrected chi connectivity index (χ3v) is 3.24. The summed E-state index contributed by atoms with van der Waals surface area (Å²) < 4.78 is 10.4. The van der Waals surface area contributed by atoms with Gasteiger partial charge in [-0.05, 0) is 19.9 Å². The van der Waals surface area contributed by atoms with Crippen LogP contribution in [0.25, 0.3) is 10.9 Å². The van der Waals surface area contributed by atoms with Gasteiger partial charge in [-0.1, -0.05) is 12.1 Å². The smallest absolute Gasteiger partial charge is 0.341 e. The second kappa shape index (κ2) is 7.09. The number of pyridine rings is 1. The monoisotopic (exact) mass is 304 g/mol. The zero-order valence-electron chi connectivity index (χ0n) is 12.9. The molecule has 6 nitrogen and oxygen atoms in total. The van der Waals surface area contributed by atoms with E-state index in [0.717, 1.165) is 5.39 Å². The highest BCUT2D eigenvalue weighted by Crippen LogP contribution is 2.32. The number of anilines is 1. The van der Waals surface area contributed by atoms with Gasteiger partial charge in [-0.3, -0.25) is 4.98 Å². The average molecular weight is 304 g/mol. The lowest BCUT2D eigenvalue weighted by atomic mass is 10.1. The van der Waals surface area contributed by atoms with Crippen LogP contribution in [0, 0.1) is 0 Å². The van der Waals surface area contributed by atoms with Crippen molar-refractivity contribution in [3.8, 4) is 5.75 Å². The van der Waals surface area contributed by atoms with Crippen LogP contribution in [-0.4, -0.2) is 42.4 Å². The molecule has 0 spiro atoms. The summed E-state index contributed by atoms with van der Waals surface area (Å²) in [5.41, 5.74) is 1.57. The zero-order chi connectivity index (χ0) is 16.1. The van der Waals surface area contributed by atoms with E-state index in [9.17, 15) is 9.90 Å². The lowest BCUT2D eigenvalue weighted by Crippen LogP contribution is -2.22. The summed E-state index contributed by atoms with van der Waals surface area (Å²) in [5.74, 6) is 0.167. The number of para-hydroxylation sites is 1. The van der Waals surface area contributed by atoms with Crippen LogP contribution in [0.4, 0.5) is 5.69 Å². The average Bonchev–Trinajstić information content (AvgIpc) is 2.54. The van der Waals surface area contributed by atoms with Crippen LogP contribution >= 0.6 is 0 Å². The number of benzene rings is 1.